The summed E-state index contributed by atoms with van der Waals surface area (Å²) in [6, 6.07) is 0.0864. The Labute approximate surface area is 94.0 Å². The van der Waals surface area contributed by atoms with E-state index in [4.69, 9.17) is 0 Å². The van der Waals surface area contributed by atoms with Gasteiger partial charge in [0.1, 0.15) is 0 Å². The summed E-state index contributed by atoms with van der Waals surface area (Å²) in [5, 5.41) is 5.05. The van der Waals surface area contributed by atoms with Gasteiger partial charge in [-0.2, -0.15) is 0 Å². The lowest BCUT2D eigenvalue weighted by molar-refractivity contribution is 0.562. The van der Waals surface area contributed by atoms with Crippen LogP contribution in [0.4, 0.5) is 0 Å². The highest BCUT2D eigenvalue weighted by molar-refractivity contribution is 7.89. The van der Waals surface area contributed by atoms with Crippen LogP contribution in [-0.2, 0) is 10.0 Å². The molecule has 0 amide bonds. The predicted octanol–water partition coefficient (Wildman–Crippen LogP) is 0.343. The molecule has 1 aromatic rings. The zero-order valence-corrected chi connectivity index (χ0v) is 10.4. The molecule has 1 heterocycles. The summed E-state index contributed by atoms with van der Waals surface area (Å²) in [5.41, 5.74) is 2.71. The van der Waals surface area contributed by atoms with E-state index in [2.05, 4.69) is 15.0 Å². The first-order valence-electron chi connectivity index (χ1n) is 4.58. The minimum Gasteiger partial charge on any atom is -0.308 e. The molecule has 2 N–H and O–H groups in total. The molecule has 15 heavy (non-hydrogen) atoms. The molecule has 7 heteroatoms. The van der Waals surface area contributed by atoms with Crippen molar-refractivity contribution in [2.75, 3.05) is 19.3 Å². The third-order valence-electron chi connectivity index (χ3n) is 2.03. The number of sulfonamides is 1. The third kappa shape index (κ3) is 4.25. The Hall–Kier alpha value is -0.500. The molecule has 0 aliphatic carbocycles. The maximum Gasteiger partial charge on any atom is 0.212 e. The van der Waals surface area contributed by atoms with Gasteiger partial charge in [-0.15, -0.1) is 11.3 Å². The zero-order valence-electron chi connectivity index (χ0n) is 8.73. The van der Waals surface area contributed by atoms with E-state index in [0.29, 0.717) is 6.54 Å². The molecule has 0 saturated carbocycles. The monoisotopic (exact) mass is 249 g/mol. The van der Waals surface area contributed by atoms with Crippen molar-refractivity contribution in [2.24, 2.45) is 0 Å². The van der Waals surface area contributed by atoms with E-state index in [1.165, 1.54) is 18.4 Å². The topological polar surface area (TPSA) is 71.1 Å². The maximum absolute atomic E-state index is 11.1. The molecule has 0 saturated heterocycles. The van der Waals surface area contributed by atoms with Crippen molar-refractivity contribution in [2.45, 2.75) is 13.0 Å². The van der Waals surface area contributed by atoms with E-state index in [9.17, 15) is 8.42 Å². The Kier molecular flexibility index (Phi) is 4.65. The van der Waals surface area contributed by atoms with Gasteiger partial charge in [-0.1, -0.05) is 0 Å². The number of rotatable bonds is 6. The lowest BCUT2D eigenvalue weighted by Gasteiger charge is -2.10. The zero-order chi connectivity index (χ0) is 11.3. The second kappa shape index (κ2) is 5.55. The van der Waals surface area contributed by atoms with Crippen LogP contribution in [0.25, 0.3) is 0 Å². The lowest BCUT2D eigenvalue weighted by Crippen LogP contribution is -2.31. The fraction of sp³-hybridized carbons (Fsp3) is 0.625. The van der Waals surface area contributed by atoms with Crippen molar-refractivity contribution in [1.82, 2.24) is 15.0 Å². The number of nitrogens with one attached hydrogen (secondary N) is 2. The van der Waals surface area contributed by atoms with Crippen LogP contribution in [-0.4, -0.2) is 32.7 Å². The molecule has 1 atom stereocenters. The van der Waals surface area contributed by atoms with Crippen LogP contribution < -0.4 is 10.0 Å². The molecule has 0 radical (unpaired) electrons. The summed E-state index contributed by atoms with van der Waals surface area (Å²) >= 11 is 1.53. The minimum atomic E-state index is -3.11. The average Bonchev–Trinajstić information content (AvgIpc) is 2.70. The van der Waals surface area contributed by atoms with Crippen LogP contribution in [0.15, 0.2) is 10.9 Å². The molecule has 0 bridgehead atoms. The van der Waals surface area contributed by atoms with Gasteiger partial charge in [0.2, 0.25) is 10.0 Å². The number of hydrogen-bond donors (Lipinski definition) is 2. The van der Waals surface area contributed by atoms with E-state index in [1.807, 2.05) is 12.3 Å². The molecular formula is C8H15N3O2S2. The van der Waals surface area contributed by atoms with E-state index in [-0.39, 0.29) is 11.8 Å². The highest BCUT2D eigenvalue weighted by Crippen LogP contribution is 2.11. The summed E-state index contributed by atoms with van der Waals surface area (Å²) in [6.45, 7) is 2.38. The van der Waals surface area contributed by atoms with Crippen LogP contribution in [0.5, 0.6) is 0 Å². The largest absolute Gasteiger partial charge is 0.308 e. The Morgan fingerprint density at radius 3 is 2.87 bits per heavy atom. The Bertz CT molecular complexity index is 375. The van der Waals surface area contributed by atoms with Crippen LogP contribution >= 0.6 is 11.3 Å². The smallest absolute Gasteiger partial charge is 0.212 e. The van der Waals surface area contributed by atoms with Gasteiger partial charge in [-0.05, 0) is 14.0 Å². The van der Waals surface area contributed by atoms with Gasteiger partial charge in [0.05, 0.1) is 17.0 Å². The molecule has 0 spiro atoms. The highest BCUT2D eigenvalue weighted by Gasteiger charge is 2.09. The summed E-state index contributed by atoms with van der Waals surface area (Å²) in [7, 11) is -1.70. The molecule has 1 rings (SSSR count). The minimum absolute atomic E-state index is 0.0813. The number of thiazole rings is 1. The Balaban J connectivity index is 2.33. The maximum atomic E-state index is 11.1. The number of hydrogen-bond acceptors (Lipinski definition) is 5. The van der Waals surface area contributed by atoms with Crippen molar-refractivity contribution in [3.8, 4) is 0 Å². The van der Waals surface area contributed by atoms with Gasteiger partial charge < -0.3 is 5.32 Å². The van der Waals surface area contributed by atoms with Gasteiger partial charge in [-0.25, -0.2) is 18.1 Å². The van der Waals surface area contributed by atoms with Gasteiger partial charge in [0, 0.05) is 18.0 Å². The fourth-order valence-corrected chi connectivity index (χ4v) is 2.29. The molecular weight excluding hydrogens is 234 g/mol. The fourth-order valence-electron chi connectivity index (χ4n) is 1.05. The molecule has 1 aromatic heterocycles. The van der Waals surface area contributed by atoms with Gasteiger partial charge in [0.25, 0.3) is 0 Å². The predicted molar refractivity (Wildman–Crippen MR) is 61.4 cm³/mol. The molecule has 1 unspecified atom stereocenters. The number of aromatic nitrogens is 1. The first kappa shape index (κ1) is 12.6. The van der Waals surface area contributed by atoms with Gasteiger partial charge >= 0.3 is 0 Å². The lowest BCUT2D eigenvalue weighted by atomic mass is 10.3. The SMILES string of the molecule is CNS(=O)(=O)CCNC(C)c1cscn1. The summed E-state index contributed by atoms with van der Waals surface area (Å²) < 4.78 is 24.5. The first-order valence-corrected chi connectivity index (χ1v) is 7.17. The van der Waals surface area contributed by atoms with Crippen LogP contribution in [0.2, 0.25) is 0 Å². The normalized spacial score (nSPS) is 14.0. The van der Waals surface area contributed by atoms with Crippen molar-refractivity contribution >= 4 is 21.4 Å². The molecule has 5 nitrogen and oxygen atoms in total. The van der Waals surface area contributed by atoms with E-state index >= 15 is 0 Å². The van der Waals surface area contributed by atoms with Crippen molar-refractivity contribution < 1.29 is 8.42 Å². The number of nitrogens with zero attached hydrogens (tertiary/aromatic N) is 1. The van der Waals surface area contributed by atoms with E-state index in [0.717, 1.165) is 5.69 Å². The third-order valence-corrected chi connectivity index (χ3v) is 4.00. The first-order chi connectivity index (χ1) is 7.05. The molecule has 0 aliphatic rings. The van der Waals surface area contributed by atoms with Crippen molar-refractivity contribution in [3.05, 3.63) is 16.6 Å². The molecule has 86 valence electrons. The Morgan fingerprint density at radius 1 is 1.60 bits per heavy atom. The summed E-state index contributed by atoms with van der Waals surface area (Å²) in [5.74, 6) is 0.0813. The van der Waals surface area contributed by atoms with E-state index in [1.54, 1.807) is 5.51 Å². The molecule has 0 aromatic carbocycles. The summed E-state index contributed by atoms with van der Waals surface area (Å²) in [6.07, 6.45) is 0. The van der Waals surface area contributed by atoms with E-state index < -0.39 is 10.0 Å². The van der Waals surface area contributed by atoms with Crippen molar-refractivity contribution in [3.63, 3.8) is 0 Å². The second-order valence-corrected chi connectivity index (χ2v) is 5.88. The Morgan fingerprint density at radius 2 is 2.33 bits per heavy atom. The molecule has 0 aliphatic heterocycles. The van der Waals surface area contributed by atoms with Crippen LogP contribution in [0, 0.1) is 0 Å². The molecule has 0 fully saturated rings. The highest BCUT2D eigenvalue weighted by atomic mass is 32.2. The van der Waals surface area contributed by atoms with Crippen molar-refractivity contribution in [1.29, 1.82) is 0 Å². The van der Waals surface area contributed by atoms with Crippen LogP contribution in [0.1, 0.15) is 18.7 Å². The average molecular weight is 249 g/mol. The second-order valence-electron chi connectivity index (χ2n) is 3.11. The summed E-state index contributed by atoms with van der Waals surface area (Å²) in [4.78, 5) is 4.14. The van der Waals surface area contributed by atoms with Gasteiger partial charge in [-0.3, -0.25) is 0 Å². The standard InChI is InChI=1S/C8H15N3O2S2/c1-7(8-5-14-6-11-8)10-3-4-15(12,13)9-2/h5-7,9-10H,3-4H2,1-2H3. The van der Waals surface area contributed by atoms with Crippen LogP contribution in [0.3, 0.4) is 0 Å². The van der Waals surface area contributed by atoms with Gasteiger partial charge in [0.15, 0.2) is 0 Å². The quantitative estimate of drug-likeness (QED) is 0.763.